The van der Waals surface area contributed by atoms with E-state index in [1.165, 1.54) is 11.9 Å². The van der Waals surface area contributed by atoms with Crippen molar-refractivity contribution in [2.45, 2.75) is 0 Å². The molecule has 3 heteroatoms. The molecular formula is C10H10N2O. The maximum atomic E-state index is 11.4. The number of aliphatic imine (C=N–C) groups is 1. The predicted octanol–water partition coefficient (Wildman–Crippen LogP) is 0.905. The second-order valence-corrected chi connectivity index (χ2v) is 2.78. The fourth-order valence-electron chi connectivity index (χ4n) is 1.19. The topological polar surface area (TPSA) is 32.7 Å². The molecule has 13 heavy (non-hydrogen) atoms. The van der Waals surface area contributed by atoms with Crippen LogP contribution in [0.2, 0.25) is 0 Å². The normalized spacial score (nSPS) is 22.4. The van der Waals surface area contributed by atoms with Crippen LogP contribution in [0.1, 0.15) is 8.30 Å². The fourth-order valence-corrected chi connectivity index (χ4v) is 1.19. The highest BCUT2D eigenvalue weighted by Crippen LogP contribution is 2.09. The first-order valence-electron chi connectivity index (χ1n) is 4.96. The average Bonchev–Trinajstić information content (AvgIpc) is 2.44. The van der Waals surface area contributed by atoms with Crippen molar-refractivity contribution >= 4 is 11.7 Å². The third kappa shape index (κ3) is 1.33. The van der Waals surface area contributed by atoms with Crippen LogP contribution in [0.15, 0.2) is 35.3 Å². The number of carbonyl (C=O) groups is 1. The van der Waals surface area contributed by atoms with Crippen molar-refractivity contribution in [1.82, 2.24) is 4.90 Å². The Kier molecular flexibility index (Phi) is 1.37. The number of nitrogens with zero attached hydrogens (tertiary/aromatic N) is 2. The van der Waals surface area contributed by atoms with E-state index in [-0.39, 0.29) is 0 Å². The fraction of sp³-hybridized carbons (Fsp3) is 0.200. The summed E-state index contributed by atoms with van der Waals surface area (Å²) in [4.78, 5) is 16.5. The first-order chi connectivity index (χ1) is 7.02. The highest BCUT2D eigenvalue weighted by atomic mass is 16.2. The molecule has 0 aromatic heterocycles. The highest BCUT2D eigenvalue weighted by molar-refractivity contribution is 6.12. The van der Waals surface area contributed by atoms with Gasteiger partial charge in [0.25, 0.3) is 0 Å². The zero-order valence-electron chi connectivity index (χ0n) is 9.19. The van der Waals surface area contributed by atoms with Crippen LogP contribution in [0, 0.1) is 0 Å². The van der Waals surface area contributed by atoms with Crippen LogP contribution in [-0.4, -0.2) is 30.2 Å². The monoisotopic (exact) mass is 176 g/mol. The molecular weight excluding hydrogens is 164 g/mol. The number of amidine groups is 1. The van der Waals surface area contributed by atoms with E-state index >= 15 is 0 Å². The van der Waals surface area contributed by atoms with Gasteiger partial charge in [0.05, 0.1) is 2.74 Å². The lowest BCUT2D eigenvalue weighted by Crippen LogP contribution is -2.28. The van der Waals surface area contributed by atoms with Crippen molar-refractivity contribution in [1.29, 1.82) is 0 Å². The molecule has 0 radical (unpaired) electrons. The molecule has 0 saturated heterocycles. The summed E-state index contributed by atoms with van der Waals surface area (Å²) in [6, 6.07) is 9.09. The Morgan fingerprint density at radius 3 is 2.69 bits per heavy atom. The number of benzene rings is 1. The highest BCUT2D eigenvalue weighted by Gasteiger charge is 2.21. The summed E-state index contributed by atoms with van der Waals surface area (Å²) in [6.45, 7) is -2.13. The van der Waals surface area contributed by atoms with Gasteiger partial charge in [0.15, 0.2) is 0 Å². The largest absolute Gasteiger partial charge is 0.298 e. The minimum atomic E-state index is -2.13. The Balaban J connectivity index is 2.45. The van der Waals surface area contributed by atoms with Gasteiger partial charge in [0.2, 0.25) is 5.91 Å². The first-order valence-corrected chi connectivity index (χ1v) is 3.96. The van der Waals surface area contributed by atoms with E-state index in [2.05, 4.69) is 4.99 Å². The van der Waals surface area contributed by atoms with Crippen LogP contribution in [0.4, 0.5) is 0 Å². The van der Waals surface area contributed by atoms with E-state index < -0.39 is 12.4 Å². The summed E-state index contributed by atoms with van der Waals surface area (Å²) in [6.07, 6.45) is 0. The minimum Gasteiger partial charge on any atom is -0.298 e. The number of amides is 1. The molecule has 3 nitrogen and oxygen atoms in total. The van der Waals surface area contributed by atoms with Crippen LogP contribution in [0.3, 0.4) is 0 Å². The molecule has 0 bridgehead atoms. The van der Waals surface area contributed by atoms with Gasteiger partial charge in [-0.1, -0.05) is 30.3 Å². The Bertz CT molecular complexity index is 428. The molecule has 1 aromatic rings. The molecule has 0 saturated carbocycles. The number of rotatable bonds is 1. The number of likely N-dealkylation sites (N-methyl/N-ethyl adjacent to an activating group) is 1. The summed E-state index contributed by atoms with van der Waals surface area (Å²) in [7, 11) is 1.53. The van der Waals surface area contributed by atoms with Gasteiger partial charge in [0.1, 0.15) is 12.3 Å². The molecule has 1 heterocycles. The molecule has 0 fully saturated rings. The smallest absolute Gasteiger partial charge is 0.249 e. The van der Waals surface area contributed by atoms with Crippen molar-refractivity contribution in [3.05, 3.63) is 35.9 Å². The predicted molar refractivity (Wildman–Crippen MR) is 50.6 cm³/mol. The SMILES string of the molecule is [2H]C1([2H])N=C(c2ccccc2)N(C)C1=O. The lowest BCUT2D eigenvalue weighted by Gasteiger charge is -2.11. The number of hydrogen-bond donors (Lipinski definition) is 0. The molecule has 2 rings (SSSR count). The molecule has 0 N–H and O–H groups in total. The van der Waals surface area contributed by atoms with Crippen molar-refractivity contribution in [3.63, 3.8) is 0 Å². The van der Waals surface area contributed by atoms with Gasteiger partial charge in [0, 0.05) is 12.6 Å². The molecule has 0 atom stereocenters. The standard InChI is InChI=1S/C10H10N2O/c1-12-9(13)7-11-10(12)8-5-3-2-4-6-8/h2-6H,7H2,1H3/i7D2. The summed E-state index contributed by atoms with van der Waals surface area (Å²) in [5.41, 5.74) is 0.745. The molecule has 66 valence electrons. The molecule has 1 amide bonds. The Labute approximate surface area is 79.5 Å². The van der Waals surface area contributed by atoms with E-state index in [1.54, 1.807) is 12.1 Å². The molecule has 1 aromatic carbocycles. The van der Waals surface area contributed by atoms with Crippen LogP contribution >= 0.6 is 0 Å². The van der Waals surface area contributed by atoms with E-state index in [9.17, 15) is 4.79 Å². The zero-order chi connectivity index (χ0) is 11.1. The number of hydrogen-bond acceptors (Lipinski definition) is 2. The molecule has 0 aliphatic carbocycles. The summed E-state index contributed by atoms with van der Waals surface area (Å²) in [5.74, 6) is -0.244. The van der Waals surface area contributed by atoms with Crippen LogP contribution < -0.4 is 0 Å². The minimum absolute atomic E-state index is 0.380. The van der Waals surface area contributed by atoms with E-state index in [0.29, 0.717) is 5.84 Å². The molecule has 1 aliphatic heterocycles. The Morgan fingerprint density at radius 1 is 1.46 bits per heavy atom. The van der Waals surface area contributed by atoms with Gasteiger partial charge >= 0.3 is 0 Å². The van der Waals surface area contributed by atoms with Gasteiger partial charge in [-0.05, 0) is 0 Å². The zero-order valence-corrected chi connectivity index (χ0v) is 7.19. The second kappa shape index (κ2) is 3.01. The Hall–Kier alpha value is -1.64. The Morgan fingerprint density at radius 2 is 2.15 bits per heavy atom. The van der Waals surface area contributed by atoms with Crippen LogP contribution in [-0.2, 0) is 4.79 Å². The summed E-state index contributed by atoms with van der Waals surface area (Å²) >= 11 is 0. The lowest BCUT2D eigenvalue weighted by atomic mass is 10.2. The van der Waals surface area contributed by atoms with Crippen molar-refractivity contribution in [3.8, 4) is 0 Å². The maximum absolute atomic E-state index is 11.4. The lowest BCUT2D eigenvalue weighted by molar-refractivity contribution is -0.123. The van der Waals surface area contributed by atoms with Crippen molar-refractivity contribution < 1.29 is 7.54 Å². The quantitative estimate of drug-likeness (QED) is 0.626. The summed E-state index contributed by atoms with van der Waals surface area (Å²) in [5, 5.41) is 0. The van der Waals surface area contributed by atoms with E-state index in [4.69, 9.17) is 2.74 Å². The maximum Gasteiger partial charge on any atom is 0.249 e. The van der Waals surface area contributed by atoms with Gasteiger partial charge in [-0.15, -0.1) is 0 Å². The molecule has 0 unspecified atom stereocenters. The van der Waals surface area contributed by atoms with E-state index in [1.807, 2.05) is 18.2 Å². The van der Waals surface area contributed by atoms with Crippen molar-refractivity contribution in [2.75, 3.05) is 13.5 Å². The number of carbonyl (C=O) groups excluding carboxylic acids is 1. The third-order valence-electron chi connectivity index (χ3n) is 1.91. The van der Waals surface area contributed by atoms with Crippen LogP contribution in [0.5, 0.6) is 0 Å². The van der Waals surface area contributed by atoms with Crippen molar-refractivity contribution in [2.24, 2.45) is 4.99 Å². The van der Waals surface area contributed by atoms with Gasteiger partial charge in [-0.2, -0.15) is 0 Å². The van der Waals surface area contributed by atoms with Crippen LogP contribution in [0.25, 0.3) is 0 Å². The third-order valence-corrected chi connectivity index (χ3v) is 1.91. The molecule has 1 aliphatic rings. The van der Waals surface area contributed by atoms with Gasteiger partial charge in [-0.3, -0.25) is 14.7 Å². The summed E-state index contributed by atoms with van der Waals surface area (Å²) < 4.78 is 14.8. The van der Waals surface area contributed by atoms with Gasteiger partial charge in [-0.25, -0.2) is 0 Å². The second-order valence-electron chi connectivity index (χ2n) is 2.78. The molecule has 0 spiro atoms. The van der Waals surface area contributed by atoms with E-state index in [0.717, 1.165) is 5.56 Å². The van der Waals surface area contributed by atoms with Gasteiger partial charge < -0.3 is 0 Å². The first kappa shape index (κ1) is 5.91. The average molecular weight is 176 g/mol.